The summed E-state index contributed by atoms with van der Waals surface area (Å²) in [6, 6.07) is 12.3. The van der Waals surface area contributed by atoms with Crippen LogP contribution in [-0.4, -0.2) is 12.8 Å². The predicted octanol–water partition coefficient (Wildman–Crippen LogP) is 8.14. The lowest BCUT2D eigenvalue weighted by molar-refractivity contribution is -0.153. The smallest absolute Gasteiger partial charge is 0.422 e. The van der Waals surface area contributed by atoms with E-state index in [1.807, 2.05) is 12.1 Å². The molecule has 0 N–H and O–H groups in total. The molecule has 0 heterocycles. The first kappa shape index (κ1) is 22.2. The molecule has 2 aliphatic carbocycles. The third-order valence-electron chi connectivity index (χ3n) is 7.34. The zero-order valence-electron chi connectivity index (χ0n) is 17.9. The molecule has 2 aromatic carbocycles. The number of hydrogen-bond acceptors (Lipinski definition) is 1. The summed E-state index contributed by atoms with van der Waals surface area (Å²) in [6.45, 7) is 0.813. The fourth-order valence-electron chi connectivity index (χ4n) is 5.56. The number of rotatable bonds is 5. The second-order valence-corrected chi connectivity index (χ2v) is 9.29. The minimum absolute atomic E-state index is 0.382. The van der Waals surface area contributed by atoms with Crippen LogP contribution in [0.1, 0.15) is 63.4 Å². The van der Waals surface area contributed by atoms with Gasteiger partial charge in [-0.2, -0.15) is 13.2 Å². The molecule has 0 saturated heterocycles. The van der Waals surface area contributed by atoms with Gasteiger partial charge in [-0.05, 0) is 84.6 Å². The highest BCUT2D eigenvalue weighted by Crippen LogP contribution is 2.48. The average molecular weight is 435 g/mol. The van der Waals surface area contributed by atoms with Gasteiger partial charge in [0.15, 0.2) is 18.2 Å². The first-order valence-corrected chi connectivity index (χ1v) is 11.4. The van der Waals surface area contributed by atoms with Crippen molar-refractivity contribution in [3.63, 3.8) is 0 Å². The fourth-order valence-corrected chi connectivity index (χ4v) is 5.56. The van der Waals surface area contributed by atoms with Gasteiger partial charge in [-0.15, -0.1) is 0 Å². The van der Waals surface area contributed by atoms with Crippen molar-refractivity contribution < 1.29 is 22.3 Å². The Morgan fingerprint density at radius 2 is 1.55 bits per heavy atom. The second-order valence-electron chi connectivity index (χ2n) is 9.29. The largest absolute Gasteiger partial charge is 0.481 e. The Hall–Kier alpha value is -2.04. The predicted molar refractivity (Wildman–Crippen MR) is 115 cm³/mol. The van der Waals surface area contributed by atoms with Gasteiger partial charge in [0.2, 0.25) is 0 Å². The van der Waals surface area contributed by atoms with Gasteiger partial charge in [0.1, 0.15) is 0 Å². The lowest BCUT2D eigenvalue weighted by atomic mass is 9.63. The Morgan fingerprint density at radius 3 is 2.23 bits per heavy atom. The Labute approximate surface area is 181 Å². The van der Waals surface area contributed by atoms with Crippen LogP contribution in [0.25, 0.3) is 11.1 Å². The molecule has 0 aliphatic heterocycles. The summed E-state index contributed by atoms with van der Waals surface area (Å²) in [5.74, 6) is 2.08. The van der Waals surface area contributed by atoms with E-state index in [9.17, 15) is 17.6 Å². The lowest BCUT2D eigenvalue weighted by Gasteiger charge is -2.42. The highest BCUT2D eigenvalue weighted by atomic mass is 19.4. The van der Waals surface area contributed by atoms with Crippen LogP contribution < -0.4 is 4.74 Å². The maximum absolute atomic E-state index is 14.2. The molecule has 4 rings (SSSR count). The summed E-state index contributed by atoms with van der Waals surface area (Å²) in [5.41, 5.74) is 2.82. The molecule has 2 aliphatic rings. The number of alkyl halides is 3. The van der Waals surface area contributed by atoms with E-state index >= 15 is 0 Å². The standard InChI is InChI=1S/C26H30F4O/c1-2-17-3-4-22-14-21(10-9-20(22)13-17)18-5-7-19(8-6-18)23-11-12-25(24(27)15-23)31-16-26(28,29)30/h5-8,11-12,15,17,20-22H,2-4,9-10,13-14,16H2,1H3/t17?,20-,21-,22-/m1/s1. The van der Waals surface area contributed by atoms with Crippen LogP contribution >= 0.6 is 0 Å². The summed E-state index contributed by atoms with van der Waals surface area (Å²) in [5, 5.41) is 0. The Bertz CT molecular complexity index is 874. The summed E-state index contributed by atoms with van der Waals surface area (Å²) in [4.78, 5) is 0. The molecule has 0 aromatic heterocycles. The van der Waals surface area contributed by atoms with E-state index < -0.39 is 18.6 Å². The van der Waals surface area contributed by atoms with Gasteiger partial charge in [-0.1, -0.05) is 50.1 Å². The van der Waals surface area contributed by atoms with Crippen LogP contribution in [0.15, 0.2) is 42.5 Å². The molecule has 168 valence electrons. The minimum Gasteiger partial charge on any atom is -0.481 e. The van der Waals surface area contributed by atoms with E-state index in [-0.39, 0.29) is 5.75 Å². The molecular formula is C26H30F4O. The third-order valence-corrected chi connectivity index (χ3v) is 7.34. The van der Waals surface area contributed by atoms with E-state index in [1.165, 1.54) is 62.6 Å². The SMILES string of the molecule is CCC1CC[C@@H]2C[C@H](c3ccc(-c4ccc(OCC(F)(F)F)c(F)c4)cc3)CC[C@@H]2C1. The zero-order valence-corrected chi connectivity index (χ0v) is 17.9. The van der Waals surface area contributed by atoms with Crippen molar-refractivity contribution in [1.82, 2.24) is 0 Å². The van der Waals surface area contributed by atoms with E-state index in [0.717, 1.165) is 23.3 Å². The molecule has 2 saturated carbocycles. The van der Waals surface area contributed by atoms with Crippen molar-refractivity contribution in [3.05, 3.63) is 53.8 Å². The molecule has 1 nitrogen and oxygen atoms in total. The van der Waals surface area contributed by atoms with Crippen molar-refractivity contribution in [3.8, 4) is 16.9 Å². The van der Waals surface area contributed by atoms with Crippen molar-refractivity contribution in [1.29, 1.82) is 0 Å². The molecule has 31 heavy (non-hydrogen) atoms. The number of hydrogen-bond donors (Lipinski definition) is 0. The van der Waals surface area contributed by atoms with Gasteiger partial charge >= 0.3 is 6.18 Å². The second kappa shape index (κ2) is 9.22. The molecule has 0 spiro atoms. The monoisotopic (exact) mass is 434 g/mol. The van der Waals surface area contributed by atoms with Crippen molar-refractivity contribution in [2.24, 2.45) is 17.8 Å². The van der Waals surface area contributed by atoms with Crippen LogP contribution in [0, 0.1) is 23.6 Å². The highest BCUT2D eigenvalue weighted by Gasteiger charge is 2.35. The van der Waals surface area contributed by atoms with Crippen LogP contribution in [0.4, 0.5) is 17.6 Å². The molecule has 4 atom stereocenters. The van der Waals surface area contributed by atoms with Crippen LogP contribution in [-0.2, 0) is 0 Å². The molecule has 0 radical (unpaired) electrons. The van der Waals surface area contributed by atoms with E-state index in [4.69, 9.17) is 0 Å². The van der Waals surface area contributed by atoms with Crippen LogP contribution in [0.2, 0.25) is 0 Å². The molecule has 0 bridgehead atoms. The summed E-state index contributed by atoms with van der Waals surface area (Å²) < 4.78 is 55.6. The zero-order chi connectivity index (χ0) is 22.0. The van der Waals surface area contributed by atoms with Crippen molar-refractivity contribution in [2.45, 2.75) is 64.0 Å². The molecule has 5 heteroatoms. The van der Waals surface area contributed by atoms with Gasteiger partial charge < -0.3 is 4.74 Å². The summed E-state index contributed by atoms with van der Waals surface area (Å²) in [6.07, 6.45) is 4.77. The van der Waals surface area contributed by atoms with Crippen LogP contribution in [0.3, 0.4) is 0 Å². The van der Waals surface area contributed by atoms with E-state index in [0.29, 0.717) is 11.5 Å². The Kier molecular flexibility index (Phi) is 6.59. The van der Waals surface area contributed by atoms with Gasteiger partial charge in [0, 0.05) is 0 Å². The minimum atomic E-state index is -4.49. The third kappa shape index (κ3) is 5.42. The normalized spacial score (nSPS) is 26.4. The maximum atomic E-state index is 14.2. The topological polar surface area (TPSA) is 9.23 Å². The van der Waals surface area contributed by atoms with E-state index in [1.54, 1.807) is 6.07 Å². The van der Waals surface area contributed by atoms with Crippen LogP contribution in [0.5, 0.6) is 5.75 Å². The van der Waals surface area contributed by atoms with Crippen molar-refractivity contribution in [2.75, 3.05) is 6.61 Å². The molecule has 2 fully saturated rings. The summed E-state index contributed by atoms with van der Waals surface area (Å²) >= 11 is 0. The van der Waals surface area contributed by atoms with Gasteiger partial charge in [0.25, 0.3) is 0 Å². The molecule has 0 amide bonds. The van der Waals surface area contributed by atoms with Gasteiger partial charge in [-0.3, -0.25) is 0 Å². The maximum Gasteiger partial charge on any atom is 0.422 e. The number of halogens is 4. The molecule has 1 unspecified atom stereocenters. The first-order chi connectivity index (χ1) is 14.8. The first-order valence-electron chi connectivity index (χ1n) is 11.4. The Balaban J connectivity index is 1.40. The quantitative estimate of drug-likeness (QED) is 0.432. The Morgan fingerprint density at radius 1 is 0.871 bits per heavy atom. The van der Waals surface area contributed by atoms with Gasteiger partial charge in [-0.25, -0.2) is 4.39 Å². The number of ether oxygens (including phenoxy) is 1. The average Bonchev–Trinajstić information content (AvgIpc) is 2.77. The van der Waals surface area contributed by atoms with Crippen molar-refractivity contribution >= 4 is 0 Å². The number of fused-ring (bicyclic) bond motifs is 1. The highest BCUT2D eigenvalue weighted by molar-refractivity contribution is 5.64. The fraction of sp³-hybridized carbons (Fsp3) is 0.538. The van der Waals surface area contributed by atoms with Gasteiger partial charge in [0.05, 0.1) is 0 Å². The molecule has 2 aromatic rings. The summed E-state index contributed by atoms with van der Waals surface area (Å²) in [7, 11) is 0. The molecular weight excluding hydrogens is 404 g/mol. The number of benzene rings is 2. The van der Waals surface area contributed by atoms with E-state index in [2.05, 4.69) is 23.8 Å². The lowest BCUT2D eigenvalue weighted by Crippen LogP contribution is -2.30.